The molecule has 1 N–H and O–H groups in total. The van der Waals surface area contributed by atoms with Gasteiger partial charge in [0.15, 0.2) is 0 Å². The normalized spacial score (nSPS) is 23.3. The Labute approximate surface area is 130 Å². The van der Waals surface area contributed by atoms with Crippen molar-refractivity contribution in [3.05, 3.63) is 0 Å². The van der Waals surface area contributed by atoms with Crippen LogP contribution in [0.1, 0.15) is 65.7 Å². The van der Waals surface area contributed by atoms with Crippen molar-refractivity contribution < 1.29 is 9.53 Å². The van der Waals surface area contributed by atoms with Crippen molar-refractivity contribution in [2.75, 3.05) is 26.7 Å². The topological polar surface area (TPSA) is 41.6 Å². The molecule has 1 saturated heterocycles. The summed E-state index contributed by atoms with van der Waals surface area (Å²) in [4.78, 5) is 14.5. The van der Waals surface area contributed by atoms with Crippen LogP contribution in [0.3, 0.4) is 0 Å². The highest BCUT2D eigenvalue weighted by atomic mass is 16.5. The molecule has 0 spiro atoms. The molecule has 1 aliphatic rings. The number of unbranched alkanes of at least 4 members (excludes halogenated alkanes) is 1. The SMILES string of the molecule is CCNC(C)(CCCCN1CCCCCC1C)C(=O)OC. The van der Waals surface area contributed by atoms with E-state index in [2.05, 4.69) is 17.1 Å². The van der Waals surface area contributed by atoms with Crippen LogP contribution >= 0.6 is 0 Å². The molecule has 0 aromatic rings. The summed E-state index contributed by atoms with van der Waals surface area (Å²) in [5.74, 6) is -0.146. The molecule has 0 bridgehead atoms. The molecule has 0 saturated carbocycles. The van der Waals surface area contributed by atoms with E-state index < -0.39 is 5.54 Å². The van der Waals surface area contributed by atoms with Crippen LogP contribution in [0.4, 0.5) is 0 Å². The van der Waals surface area contributed by atoms with E-state index in [-0.39, 0.29) is 5.97 Å². The van der Waals surface area contributed by atoms with E-state index in [0.29, 0.717) is 6.04 Å². The van der Waals surface area contributed by atoms with Crippen molar-refractivity contribution in [1.29, 1.82) is 0 Å². The number of methoxy groups -OCH3 is 1. The minimum Gasteiger partial charge on any atom is -0.468 e. The maximum atomic E-state index is 11.9. The largest absolute Gasteiger partial charge is 0.468 e. The molecule has 1 rings (SSSR count). The Hall–Kier alpha value is -0.610. The molecule has 0 aromatic carbocycles. The minimum absolute atomic E-state index is 0.146. The average Bonchev–Trinajstić information content (AvgIpc) is 2.68. The first-order valence-corrected chi connectivity index (χ1v) is 8.61. The molecule has 124 valence electrons. The van der Waals surface area contributed by atoms with Crippen LogP contribution < -0.4 is 5.32 Å². The zero-order valence-electron chi connectivity index (χ0n) is 14.4. The molecular weight excluding hydrogens is 264 g/mol. The third kappa shape index (κ3) is 5.95. The predicted octanol–water partition coefficient (Wildman–Crippen LogP) is 2.96. The van der Waals surface area contributed by atoms with Crippen LogP contribution in [0.5, 0.6) is 0 Å². The number of hydrogen-bond acceptors (Lipinski definition) is 4. The van der Waals surface area contributed by atoms with Crippen molar-refractivity contribution in [2.24, 2.45) is 0 Å². The third-order valence-corrected chi connectivity index (χ3v) is 4.77. The van der Waals surface area contributed by atoms with Gasteiger partial charge >= 0.3 is 5.97 Å². The molecule has 21 heavy (non-hydrogen) atoms. The lowest BCUT2D eigenvalue weighted by Crippen LogP contribution is -2.50. The molecule has 1 fully saturated rings. The van der Waals surface area contributed by atoms with Gasteiger partial charge in [-0.3, -0.25) is 4.79 Å². The summed E-state index contributed by atoms with van der Waals surface area (Å²) >= 11 is 0. The van der Waals surface area contributed by atoms with Gasteiger partial charge < -0.3 is 15.0 Å². The Kier molecular flexibility index (Phi) is 8.27. The summed E-state index contributed by atoms with van der Waals surface area (Å²) in [6, 6.07) is 0.716. The third-order valence-electron chi connectivity index (χ3n) is 4.77. The Balaban J connectivity index is 2.35. The first kappa shape index (κ1) is 18.4. The van der Waals surface area contributed by atoms with Crippen LogP contribution in [0.15, 0.2) is 0 Å². The smallest absolute Gasteiger partial charge is 0.325 e. The van der Waals surface area contributed by atoms with E-state index >= 15 is 0 Å². The van der Waals surface area contributed by atoms with Crippen molar-refractivity contribution in [2.45, 2.75) is 77.3 Å². The van der Waals surface area contributed by atoms with Crippen molar-refractivity contribution in [1.82, 2.24) is 10.2 Å². The van der Waals surface area contributed by atoms with Gasteiger partial charge in [0.05, 0.1) is 7.11 Å². The van der Waals surface area contributed by atoms with Gasteiger partial charge in [-0.05, 0) is 65.6 Å². The number of ether oxygens (including phenoxy) is 1. The molecule has 0 amide bonds. The number of esters is 1. The number of rotatable bonds is 8. The Morgan fingerprint density at radius 2 is 2.10 bits per heavy atom. The summed E-state index contributed by atoms with van der Waals surface area (Å²) in [7, 11) is 1.47. The van der Waals surface area contributed by atoms with Gasteiger partial charge in [0.1, 0.15) is 5.54 Å². The summed E-state index contributed by atoms with van der Waals surface area (Å²) in [6.07, 6.45) is 8.47. The molecule has 1 heterocycles. The molecule has 0 aromatic heterocycles. The fourth-order valence-electron chi connectivity index (χ4n) is 3.34. The molecule has 0 radical (unpaired) electrons. The first-order chi connectivity index (χ1) is 10.0. The van der Waals surface area contributed by atoms with Gasteiger partial charge in [0.2, 0.25) is 0 Å². The highest BCUT2D eigenvalue weighted by Crippen LogP contribution is 2.19. The quantitative estimate of drug-likeness (QED) is 0.552. The van der Waals surface area contributed by atoms with Gasteiger partial charge in [-0.1, -0.05) is 19.8 Å². The first-order valence-electron chi connectivity index (χ1n) is 8.61. The Bertz CT molecular complexity index is 309. The van der Waals surface area contributed by atoms with E-state index in [9.17, 15) is 4.79 Å². The highest BCUT2D eigenvalue weighted by molar-refractivity contribution is 5.80. The number of hydrogen-bond donors (Lipinski definition) is 1. The zero-order chi connectivity index (χ0) is 15.7. The predicted molar refractivity (Wildman–Crippen MR) is 87.5 cm³/mol. The Morgan fingerprint density at radius 1 is 1.33 bits per heavy atom. The average molecular weight is 298 g/mol. The highest BCUT2D eigenvalue weighted by Gasteiger charge is 2.32. The summed E-state index contributed by atoms with van der Waals surface area (Å²) in [5, 5.41) is 3.28. The summed E-state index contributed by atoms with van der Waals surface area (Å²) < 4.78 is 4.94. The van der Waals surface area contributed by atoms with E-state index in [1.807, 2.05) is 13.8 Å². The molecule has 4 heteroatoms. The Morgan fingerprint density at radius 3 is 2.76 bits per heavy atom. The second-order valence-electron chi connectivity index (χ2n) is 6.55. The number of carbonyl (C=O) groups excluding carboxylic acids is 1. The van der Waals surface area contributed by atoms with Crippen LogP contribution in [-0.4, -0.2) is 49.2 Å². The summed E-state index contributed by atoms with van der Waals surface area (Å²) in [5.41, 5.74) is -0.534. The van der Waals surface area contributed by atoms with Crippen LogP contribution in [-0.2, 0) is 9.53 Å². The fraction of sp³-hybridized carbons (Fsp3) is 0.941. The van der Waals surface area contributed by atoms with Gasteiger partial charge in [-0.15, -0.1) is 0 Å². The van der Waals surface area contributed by atoms with Crippen LogP contribution in [0, 0.1) is 0 Å². The second-order valence-corrected chi connectivity index (χ2v) is 6.55. The van der Waals surface area contributed by atoms with E-state index in [4.69, 9.17) is 4.74 Å². The van der Waals surface area contributed by atoms with Crippen LogP contribution in [0.2, 0.25) is 0 Å². The minimum atomic E-state index is -0.534. The summed E-state index contributed by atoms with van der Waals surface area (Å²) in [6.45, 7) is 9.52. The van der Waals surface area contributed by atoms with Crippen LogP contribution in [0.25, 0.3) is 0 Å². The van der Waals surface area contributed by atoms with Crippen molar-refractivity contribution in [3.63, 3.8) is 0 Å². The fourth-order valence-corrected chi connectivity index (χ4v) is 3.34. The monoisotopic (exact) mass is 298 g/mol. The van der Waals surface area contributed by atoms with E-state index in [0.717, 1.165) is 32.4 Å². The zero-order valence-corrected chi connectivity index (χ0v) is 14.4. The number of likely N-dealkylation sites (tertiary alicyclic amines) is 1. The standard InChI is InChI=1S/C17H34N2O2/c1-5-18-17(3,16(20)21-4)12-8-10-14-19-13-9-6-7-11-15(19)2/h15,18H,5-14H2,1-4H3. The van der Waals surface area contributed by atoms with Gasteiger partial charge in [-0.25, -0.2) is 0 Å². The molecule has 2 unspecified atom stereocenters. The lowest BCUT2D eigenvalue weighted by Gasteiger charge is -2.29. The maximum absolute atomic E-state index is 11.9. The molecule has 1 aliphatic heterocycles. The van der Waals surface area contributed by atoms with E-state index in [1.165, 1.54) is 39.3 Å². The number of nitrogens with one attached hydrogen (secondary N) is 1. The molecule has 4 nitrogen and oxygen atoms in total. The second kappa shape index (κ2) is 9.42. The number of nitrogens with zero attached hydrogens (tertiary/aromatic N) is 1. The molecule has 0 aliphatic carbocycles. The van der Waals surface area contributed by atoms with Crippen molar-refractivity contribution in [3.8, 4) is 0 Å². The molecule has 2 atom stereocenters. The van der Waals surface area contributed by atoms with Gasteiger partial charge in [-0.2, -0.15) is 0 Å². The molecular formula is C17H34N2O2. The maximum Gasteiger partial charge on any atom is 0.325 e. The van der Waals surface area contributed by atoms with Gasteiger partial charge in [0.25, 0.3) is 0 Å². The van der Waals surface area contributed by atoms with Crippen molar-refractivity contribution >= 4 is 5.97 Å². The number of carbonyl (C=O) groups is 1. The lowest BCUT2D eigenvalue weighted by atomic mass is 9.94. The van der Waals surface area contributed by atoms with Gasteiger partial charge in [0, 0.05) is 6.04 Å². The lowest BCUT2D eigenvalue weighted by molar-refractivity contribution is -0.148. The number of likely N-dealkylation sites (N-methyl/N-ethyl adjacent to an activating group) is 1. The van der Waals surface area contributed by atoms with E-state index in [1.54, 1.807) is 0 Å².